The maximum Gasteiger partial charge on any atom is 0.303 e. The number of hydrogen-bond acceptors (Lipinski definition) is 3. The summed E-state index contributed by atoms with van der Waals surface area (Å²) in [5, 5.41) is 12.3. The fourth-order valence-electron chi connectivity index (χ4n) is 4.28. The van der Waals surface area contributed by atoms with Crippen LogP contribution in [0.1, 0.15) is 34.2 Å². The Kier molecular flexibility index (Phi) is 9.54. The molecule has 186 valence electrons. The van der Waals surface area contributed by atoms with Crippen molar-refractivity contribution in [3.63, 3.8) is 0 Å². The predicted molar refractivity (Wildman–Crippen MR) is 149 cm³/mol. The Morgan fingerprint density at radius 2 is 1.47 bits per heavy atom. The standard InChI is InChI=1S/C31H31NO3.ClH/c1-22-17-29(35-21-25-7-4-3-5-8-25)18-23(2)31(22)27-10-6-9-26(19-27)20-32-28-14-11-24(12-15-28)13-16-30(33)34;/h3-12,14-15,17-19,32H,13,16,20-21H2,1-2H3,(H,33,34);1H. The highest BCUT2D eigenvalue weighted by atomic mass is 35.5. The van der Waals surface area contributed by atoms with E-state index in [0.29, 0.717) is 19.6 Å². The van der Waals surface area contributed by atoms with Gasteiger partial charge in [-0.1, -0.05) is 60.7 Å². The van der Waals surface area contributed by atoms with Crippen LogP contribution in [0.4, 0.5) is 5.69 Å². The second kappa shape index (κ2) is 12.8. The molecule has 0 aliphatic heterocycles. The van der Waals surface area contributed by atoms with Crippen molar-refractivity contribution in [3.05, 3.63) is 119 Å². The first-order chi connectivity index (χ1) is 17.0. The van der Waals surface area contributed by atoms with Gasteiger partial charge in [-0.15, -0.1) is 12.4 Å². The minimum Gasteiger partial charge on any atom is -0.489 e. The topological polar surface area (TPSA) is 58.6 Å². The fraction of sp³-hybridized carbons (Fsp3) is 0.194. The lowest BCUT2D eigenvalue weighted by Crippen LogP contribution is -2.01. The van der Waals surface area contributed by atoms with Crippen LogP contribution in [0.2, 0.25) is 0 Å². The van der Waals surface area contributed by atoms with Gasteiger partial charge in [0.1, 0.15) is 12.4 Å². The molecule has 4 rings (SSSR count). The van der Waals surface area contributed by atoms with Crippen LogP contribution < -0.4 is 10.1 Å². The van der Waals surface area contributed by atoms with Crippen LogP contribution in [0.5, 0.6) is 5.75 Å². The number of ether oxygens (including phenoxy) is 1. The Labute approximate surface area is 219 Å². The van der Waals surface area contributed by atoms with E-state index in [9.17, 15) is 4.79 Å². The number of halogens is 1. The number of carboxylic acids is 1. The Bertz CT molecular complexity index is 1260. The van der Waals surface area contributed by atoms with E-state index in [1.807, 2.05) is 42.5 Å². The Morgan fingerprint density at radius 1 is 0.806 bits per heavy atom. The summed E-state index contributed by atoms with van der Waals surface area (Å²) in [5.74, 6) is 0.115. The number of aliphatic carboxylic acids is 1. The highest BCUT2D eigenvalue weighted by molar-refractivity contribution is 5.85. The molecule has 0 fully saturated rings. The summed E-state index contributed by atoms with van der Waals surface area (Å²) in [7, 11) is 0. The summed E-state index contributed by atoms with van der Waals surface area (Å²) in [4.78, 5) is 10.8. The first-order valence-corrected chi connectivity index (χ1v) is 11.9. The van der Waals surface area contributed by atoms with Crippen molar-refractivity contribution in [2.75, 3.05) is 5.32 Å². The zero-order valence-electron chi connectivity index (χ0n) is 20.7. The Hall–Kier alpha value is -3.76. The van der Waals surface area contributed by atoms with E-state index < -0.39 is 5.97 Å². The third kappa shape index (κ3) is 7.37. The molecule has 0 heterocycles. The molecule has 0 saturated carbocycles. The van der Waals surface area contributed by atoms with Gasteiger partial charge >= 0.3 is 5.97 Å². The number of anilines is 1. The van der Waals surface area contributed by atoms with Gasteiger partial charge in [-0.2, -0.15) is 0 Å². The highest BCUT2D eigenvalue weighted by Crippen LogP contribution is 2.32. The molecule has 0 radical (unpaired) electrons. The molecule has 0 amide bonds. The van der Waals surface area contributed by atoms with Crippen LogP contribution in [0.25, 0.3) is 11.1 Å². The number of aryl methyl sites for hydroxylation is 3. The van der Waals surface area contributed by atoms with E-state index in [4.69, 9.17) is 9.84 Å². The first-order valence-electron chi connectivity index (χ1n) is 11.9. The summed E-state index contributed by atoms with van der Waals surface area (Å²) >= 11 is 0. The summed E-state index contributed by atoms with van der Waals surface area (Å²) < 4.78 is 6.05. The molecule has 0 atom stereocenters. The minimum atomic E-state index is -0.771. The summed E-state index contributed by atoms with van der Waals surface area (Å²) in [6.07, 6.45) is 0.699. The van der Waals surface area contributed by atoms with Crippen molar-refractivity contribution in [2.24, 2.45) is 0 Å². The van der Waals surface area contributed by atoms with E-state index in [0.717, 1.165) is 22.6 Å². The van der Waals surface area contributed by atoms with Gasteiger partial charge in [0, 0.05) is 18.7 Å². The number of nitrogens with one attached hydrogen (secondary N) is 1. The van der Waals surface area contributed by atoms with E-state index in [1.165, 1.54) is 27.8 Å². The maximum atomic E-state index is 10.8. The molecule has 0 unspecified atom stereocenters. The molecule has 5 heteroatoms. The molecule has 4 nitrogen and oxygen atoms in total. The molecular formula is C31H32ClNO3. The smallest absolute Gasteiger partial charge is 0.303 e. The van der Waals surface area contributed by atoms with Crippen molar-refractivity contribution in [2.45, 2.75) is 39.8 Å². The van der Waals surface area contributed by atoms with E-state index >= 15 is 0 Å². The number of hydrogen-bond donors (Lipinski definition) is 2. The van der Waals surface area contributed by atoms with Crippen molar-refractivity contribution in [3.8, 4) is 16.9 Å². The first kappa shape index (κ1) is 26.8. The van der Waals surface area contributed by atoms with Gasteiger partial charge in [-0.05, 0) is 89.5 Å². The van der Waals surface area contributed by atoms with Crippen LogP contribution >= 0.6 is 12.4 Å². The third-order valence-corrected chi connectivity index (χ3v) is 6.05. The average Bonchev–Trinajstić information content (AvgIpc) is 2.86. The quantitative estimate of drug-likeness (QED) is 0.235. The van der Waals surface area contributed by atoms with Crippen LogP contribution in [0.15, 0.2) is 91.0 Å². The predicted octanol–water partition coefficient (Wildman–Crippen LogP) is 7.60. The normalized spacial score (nSPS) is 10.4. The third-order valence-electron chi connectivity index (χ3n) is 6.05. The SMILES string of the molecule is Cc1cc(OCc2ccccc2)cc(C)c1-c1cccc(CNc2ccc(CCC(=O)O)cc2)c1.Cl. The molecule has 0 aliphatic rings. The van der Waals surface area contributed by atoms with Gasteiger partial charge in [0.15, 0.2) is 0 Å². The van der Waals surface area contributed by atoms with E-state index in [2.05, 4.69) is 67.7 Å². The molecule has 0 spiro atoms. The number of carboxylic acid groups (broad SMARTS) is 1. The molecule has 0 aliphatic carbocycles. The molecule has 36 heavy (non-hydrogen) atoms. The highest BCUT2D eigenvalue weighted by Gasteiger charge is 2.10. The molecule has 0 aromatic heterocycles. The van der Waals surface area contributed by atoms with Crippen LogP contribution in [-0.2, 0) is 24.4 Å². The molecular weight excluding hydrogens is 470 g/mol. The molecule has 4 aromatic rings. The maximum absolute atomic E-state index is 10.8. The summed E-state index contributed by atoms with van der Waals surface area (Å²) in [6, 6.07) is 31.0. The van der Waals surface area contributed by atoms with Crippen LogP contribution in [0.3, 0.4) is 0 Å². The molecule has 4 aromatic carbocycles. The van der Waals surface area contributed by atoms with Crippen molar-refractivity contribution < 1.29 is 14.6 Å². The van der Waals surface area contributed by atoms with Crippen LogP contribution in [0, 0.1) is 13.8 Å². The van der Waals surface area contributed by atoms with Gasteiger partial charge in [0.2, 0.25) is 0 Å². The van der Waals surface area contributed by atoms with Crippen molar-refractivity contribution in [1.29, 1.82) is 0 Å². The lowest BCUT2D eigenvalue weighted by molar-refractivity contribution is -0.136. The zero-order valence-corrected chi connectivity index (χ0v) is 21.5. The van der Waals surface area contributed by atoms with Gasteiger partial charge in [0.25, 0.3) is 0 Å². The fourth-order valence-corrected chi connectivity index (χ4v) is 4.28. The number of carbonyl (C=O) groups is 1. The van der Waals surface area contributed by atoms with Gasteiger partial charge in [-0.3, -0.25) is 4.79 Å². The second-order valence-electron chi connectivity index (χ2n) is 8.85. The minimum absolute atomic E-state index is 0. The zero-order chi connectivity index (χ0) is 24.6. The monoisotopic (exact) mass is 501 g/mol. The van der Waals surface area contributed by atoms with Crippen molar-refractivity contribution >= 4 is 24.1 Å². The molecule has 2 N–H and O–H groups in total. The van der Waals surface area contributed by atoms with Crippen LogP contribution in [-0.4, -0.2) is 11.1 Å². The molecule has 0 saturated heterocycles. The van der Waals surface area contributed by atoms with E-state index in [1.54, 1.807) is 0 Å². The number of benzene rings is 4. The number of rotatable bonds is 10. The second-order valence-corrected chi connectivity index (χ2v) is 8.85. The van der Waals surface area contributed by atoms with Gasteiger partial charge < -0.3 is 15.2 Å². The average molecular weight is 502 g/mol. The molecule has 0 bridgehead atoms. The summed E-state index contributed by atoms with van der Waals surface area (Å²) in [5.41, 5.74) is 9.20. The Balaban J connectivity index is 0.00000361. The lowest BCUT2D eigenvalue weighted by Gasteiger charge is -2.15. The summed E-state index contributed by atoms with van der Waals surface area (Å²) in [6.45, 7) is 5.53. The van der Waals surface area contributed by atoms with Gasteiger partial charge in [-0.25, -0.2) is 0 Å². The lowest BCUT2D eigenvalue weighted by atomic mass is 9.94. The largest absolute Gasteiger partial charge is 0.489 e. The Morgan fingerprint density at radius 3 is 2.14 bits per heavy atom. The van der Waals surface area contributed by atoms with E-state index in [-0.39, 0.29) is 18.8 Å². The van der Waals surface area contributed by atoms with Crippen molar-refractivity contribution in [1.82, 2.24) is 0 Å². The van der Waals surface area contributed by atoms with Gasteiger partial charge in [0.05, 0.1) is 0 Å².